The highest BCUT2D eigenvalue weighted by Gasteiger charge is 2.22. The molecule has 0 bridgehead atoms. The molecule has 0 aromatic heterocycles. The second-order valence-corrected chi connectivity index (χ2v) is 17.1. The summed E-state index contributed by atoms with van der Waals surface area (Å²) >= 11 is 0. The Bertz CT molecular complexity index is 488. The third-order valence-corrected chi connectivity index (χ3v) is 7.47. The molecule has 0 heterocycles. The Morgan fingerprint density at radius 3 is 2.06 bits per heavy atom. The van der Waals surface area contributed by atoms with Gasteiger partial charge in [0, 0.05) is 8.07 Å². The molecule has 0 saturated carbocycles. The van der Waals surface area contributed by atoms with Crippen molar-refractivity contribution in [3.8, 4) is 0 Å². The molecule has 0 fully saturated rings. The quantitative estimate of drug-likeness (QED) is 0.570. The van der Waals surface area contributed by atoms with Gasteiger partial charge >= 0.3 is 0 Å². The van der Waals surface area contributed by atoms with Crippen LogP contribution in [0.15, 0.2) is 30.3 Å². The van der Waals surface area contributed by atoms with Crippen molar-refractivity contribution in [1.29, 1.82) is 0 Å². The average molecular weight is 260 g/mol. The first-order valence-corrected chi connectivity index (χ1v) is 13.4. The maximum atomic E-state index is 2.53. The summed E-state index contributed by atoms with van der Waals surface area (Å²) in [4.78, 5) is 0. The Balaban J connectivity index is 2.81. The summed E-state index contributed by atoms with van der Waals surface area (Å²) in [5, 5.41) is 6.32. The zero-order valence-corrected chi connectivity index (χ0v) is 13.9. The van der Waals surface area contributed by atoms with Gasteiger partial charge < -0.3 is 0 Å². The highest BCUT2D eigenvalue weighted by Crippen LogP contribution is 2.19. The molecule has 2 heteroatoms. The molecule has 0 aliphatic rings. The summed E-state index contributed by atoms with van der Waals surface area (Å²) in [6, 6.07) is 11.5. The summed E-state index contributed by atoms with van der Waals surface area (Å²) < 4.78 is 0. The standard InChI is InChI=1S/C15H23Si2/c1-16(2,3)14-11-15(17(4,5)6)13-10-8-7-9-12(13)14/h7-11H,1-6H3/q-1. The largest absolute Gasteiger partial charge is 0.151 e. The van der Waals surface area contributed by atoms with E-state index in [1.807, 2.05) is 0 Å². The number of rotatable bonds is 2. The third-order valence-electron chi connectivity index (χ3n) is 3.41. The van der Waals surface area contributed by atoms with Crippen molar-refractivity contribution in [1.82, 2.24) is 0 Å². The van der Waals surface area contributed by atoms with E-state index in [1.165, 1.54) is 10.8 Å². The fourth-order valence-corrected chi connectivity index (χ4v) is 5.84. The summed E-state index contributed by atoms with van der Waals surface area (Å²) in [6.07, 6.45) is 0. The molecular formula is C15H23Si2-. The predicted octanol–water partition coefficient (Wildman–Crippen LogP) is 3.65. The van der Waals surface area contributed by atoms with E-state index in [0.29, 0.717) is 0 Å². The fraction of sp³-hybridized carbons (Fsp3) is 0.400. The average Bonchev–Trinajstić information content (AvgIpc) is 2.55. The molecule has 0 saturated heterocycles. The van der Waals surface area contributed by atoms with Crippen LogP contribution in [0.2, 0.25) is 39.3 Å². The second kappa shape index (κ2) is 3.89. The monoisotopic (exact) mass is 259 g/mol. The van der Waals surface area contributed by atoms with Crippen molar-refractivity contribution < 1.29 is 0 Å². The third kappa shape index (κ3) is 2.29. The molecule has 0 aliphatic carbocycles. The van der Waals surface area contributed by atoms with Crippen LogP contribution < -0.4 is 10.4 Å². The molecule has 0 amide bonds. The van der Waals surface area contributed by atoms with Crippen molar-refractivity contribution in [3.63, 3.8) is 0 Å². The van der Waals surface area contributed by atoms with Gasteiger partial charge in [-0.2, -0.15) is 6.07 Å². The van der Waals surface area contributed by atoms with Crippen LogP contribution in [0, 0.1) is 0 Å². The Labute approximate surface area is 107 Å². The molecule has 0 N–H and O–H groups in total. The van der Waals surface area contributed by atoms with Crippen LogP contribution in [0.5, 0.6) is 0 Å². The van der Waals surface area contributed by atoms with Crippen molar-refractivity contribution in [2.75, 3.05) is 0 Å². The van der Waals surface area contributed by atoms with E-state index in [2.05, 4.69) is 69.6 Å². The van der Waals surface area contributed by atoms with Crippen LogP contribution in [0.1, 0.15) is 0 Å². The molecule has 0 radical (unpaired) electrons. The second-order valence-electron chi connectivity index (χ2n) is 7.02. The van der Waals surface area contributed by atoms with Gasteiger partial charge in [0.15, 0.2) is 0 Å². The molecule has 2 aromatic carbocycles. The Hall–Kier alpha value is -0.736. The van der Waals surface area contributed by atoms with Crippen molar-refractivity contribution in [3.05, 3.63) is 30.3 Å². The predicted molar refractivity (Wildman–Crippen MR) is 85.5 cm³/mol. The minimum atomic E-state index is -1.23. The van der Waals surface area contributed by atoms with E-state index in [9.17, 15) is 0 Å². The minimum Gasteiger partial charge on any atom is -0.151 e. The molecule has 0 unspecified atom stereocenters. The van der Waals surface area contributed by atoms with Gasteiger partial charge in [0.25, 0.3) is 0 Å². The topological polar surface area (TPSA) is 0 Å². The Morgan fingerprint density at radius 1 is 0.882 bits per heavy atom. The van der Waals surface area contributed by atoms with E-state index in [1.54, 1.807) is 10.4 Å². The molecule has 17 heavy (non-hydrogen) atoms. The van der Waals surface area contributed by atoms with E-state index >= 15 is 0 Å². The molecule has 0 atom stereocenters. The Kier molecular flexibility index (Phi) is 2.91. The molecule has 92 valence electrons. The minimum absolute atomic E-state index is 1.23. The molecule has 0 nitrogen and oxygen atoms in total. The maximum Gasteiger partial charge on any atom is 0.0606 e. The van der Waals surface area contributed by atoms with E-state index < -0.39 is 16.1 Å². The zero-order chi connectivity index (χ0) is 12.8. The maximum absolute atomic E-state index is 2.53. The van der Waals surface area contributed by atoms with Crippen LogP contribution in [0.4, 0.5) is 0 Å². The van der Waals surface area contributed by atoms with Gasteiger partial charge in [-0.25, -0.2) is 0 Å². The van der Waals surface area contributed by atoms with Crippen LogP contribution in [-0.2, 0) is 0 Å². The van der Waals surface area contributed by atoms with Gasteiger partial charge in [0.05, 0.1) is 8.07 Å². The number of benzene rings is 1. The number of hydrogen-bond donors (Lipinski definition) is 0. The molecule has 0 aliphatic heterocycles. The van der Waals surface area contributed by atoms with E-state index in [4.69, 9.17) is 0 Å². The lowest BCUT2D eigenvalue weighted by Gasteiger charge is -2.21. The lowest BCUT2D eigenvalue weighted by atomic mass is 10.2. The zero-order valence-electron chi connectivity index (χ0n) is 11.9. The van der Waals surface area contributed by atoms with Gasteiger partial charge in [-0.05, 0) is 0 Å². The highest BCUT2D eigenvalue weighted by molar-refractivity contribution is 6.94. The first kappa shape index (κ1) is 12.7. The molecule has 0 spiro atoms. The van der Waals surface area contributed by atoms with Crippen LogP contribution in [0.3, 0.4) is 0 Å². The van der Waals surface area contributed by atoms with Gasteiger partial charge in [-0.15, -0.1) is 40.0 Å². The van der Waals surface area contributed by atoms with Gasteiger partial charge in [0.1, 0.15) is 0 Å². The van der Waals surface area contributed by atoms with E-state index in [-0.39, 0.29) is 0 Å². The smallest absolute Gasteiger partial charge is 0.0606 e. The Morgan fingerprint density at radius 2 is 1.53 bits per heavy atom. The molecular weight excluding hydrogens is 236 g/mol. The summed E-state index contributed by atoms with van der Waals surface area (Å²) in [6.45, 7) is 14.7. The van der Waals surface area contributed by atoms with Crippen LogP contribution >= 0.6 is 0 Å². The fourth-order valence-electron chi connectivity index (χ4n) is 2.49. The lowest BCUT2D eigenvalue weighted by molar-refractivity contribution is 1.75. The SMILES string of the molecule is C[Si](C)(C)c1cc([Si](C)(C)C)[c-]2ccccc12. The lowest BCUT2D eigenvalue weighted by Crippen LogP contribution is -2.40. The number of hydrogen-bond acceptors (Lipinski definition) is 0. The molecule has 2 rings (SSSR count). The van der Waals surface area contributed by atoms with Crippen molar-refractivity contribution in [2.45, 2.75) is 39.3 Å². The highest BCUT2D eigenvalue weighted by atomic mass is 28.3. The number of fused-ring (bicyclic) bond motifs is 1. The summed E-state index contributed by atoms with van der Waals surface area (Å²) in [5.74, 6) is 0. The first-order valence-electron chi connectivity index (χ1n) is 6.40. The first-order chi connectivity index (χ1) is 7.71. The van der Waals surface area contributed by atoms with E-state index in [0.717, 1.165) is 0 Å². The van der Waals surface area contributed by atoms with Gasteiger partial charge in [0.2, 0.25) is 0 Å². The normalized spacial score (nSPS) is 13.3. The van der Waals surface area contributed by atoms with Crippen molar-refractivity contribution in [2.24, 2.45) is 0 Å². The molecule has 2 aromatic rings. The van der Waals surface area contributed by atoms with Crippen molar-refractivity contribution >= 4 is 37.3 Å². The van der Waals surface area contributed by atoms with Crippen LogP contribution in [-0.4, -0.2) is 16.1 Å². The summed E-state index contributed by atoms with van der Waals surface area (Å²) in [7, 11) is -2.47. The van der Waals surface area contributed by atoms with Gasteiger partial charge in [-0.1, -0.05) is 44.7 Å². The van der Waals surface area contributed by atoms with Gasteiger partial charge in [-0.3, -0.25) is 0 Å². The van der Waals surface area contributed by atoms with Crippen LogP contribution in [0.25, 0.3) is 10.8 Å². The summed E-state index contributed by atoms with van der Waals surface area (Å²) in [5.41, 5.74) is 0.